The van der Waals surface area contributed by atoms with E-state index >= 15 is 0 Å². The molecule has 0 N–H and O–H groups in total. The molecule has 0 radical (unpaired) electrons. The molecule has 0 unspecified atom stereocenters. The van der Waals surface area contributed by atoms with E-state index in [0.29, 0.717) is 18.8 Å². The van der Waals surface area contributed by atoms with Crippen molar-refractivity contribution in [3.05, 3.63) is 47.5 Å². The first kappa shape index (κ1) is 12.1. The predicted octanol–water partition coefficient (Wildman–Crippen LogP) is 2.05. The highest BCUT2D eigenvalue weighted by atomic mass is 19.1. The van der Waals surface area contributed by atoms with Crippen molar-refractivity contribution >= 4 is 0 Å². The maximum absolute atomic E-state index is 13.3. The Bertz CT molecular complexity index is 586. The molecule has 18 heavy (non-hydrogen) atoms. The van der Waals surface area contributed by atoms with Gasteiger partial charge < -0.3 is 4.74 Å². The van der Waals surface area contributed by atoms with Gasteiger partial charge in [0.1, 0.15) is 17.6 Å². The van der Waals surface area contributed by atoms with Crippen molar-refractivity contribution in [3.63, 3.8) is 0 Å². The normalized spacial score (nSPS) is 10.1. The average Bonchev–Trinajstić information content (AvgIpc) is 2.75. The Balaban J connectivity index is 1.93. The summed E-state index contributed by atoms with van der Waals surface area (Å²) in [5, 5.41) is 12.6. The molecule has 0 bridgehead atoms. The highest BCUT2D eigenvalue weighted by molar-refractivity contribution is 5.36. The van der Waals surface area contributed by atoms with Crippen molar-refractivity contribution in [2.24, 2.45) is 7.05 Å². The fourth-order valence-corrected chi connectivity index (χ4v) is 1.60. The van der Waals surface area contributed by atoms with Crippen molar-refractivity contribution in [3.8, 4) is 11.8 Å². The van der Waals surface area contributed by atoms with Gasteiger partial charge in [0.15, 0.2) is 0 Å². The lowest BCUT2D eigenvalue weighted by Crippen LogP contribution is -2.06. The van der Waals surface area contributed by atoms with Crippen LogP contribution in [0.1, 0.15) is 11.3 Å². The Labute approximate surface area is 104 Å². The van der Waals surface area contributed by atoms with Crippen molar-refractivity contribution < 1.29 is 9.13 Å². The monoisotopic (exact) mass is 245 g/mol. The number of nitrogens with zero attached hydrogens (tertiary/aromatic N) is 3. The zero-order valence-electron chi connectivity index (χ0n) is 9.93. The Hall–Kier alpha value is -2.35. The first-order chi connectivity index (χ1) is 8.70. The first-order valence-electron chi connectivity index (χ1n) is 5.50. The van der Waals surface area contributed by atoms with Crippen LogP contribution < -0.4 is 4.74 Å². The molecule has 1 aromatic carbocycles. The van der Waals surface area contributed by atoms with E-state index in [1.54, 1.807) is 23.0 Å². The van der Waals surface area contributed by atoms with E-state index in [-0.39, 0.29) is 5.56 Å². The van der Waals surface area contributed by atoms with E-state index < -0.39 is 5.82 Å². The van der Waals surface area contributed by atoms with Gasteiger partial charge in [-0.3, -0.25) is 4.68 Å². The molecule has 0 amide bonds. The summed E-state index contributed by atoms with van der Waals surface area (Å²) in [6, 6.07) is 7.90. The van der Waals surface area contributed by atoms with Crippen molar-refractivity contribution in [2.75, 3.05) is 6.61 Å². The van der Waals surface area contributed by atoms with Gasteiger partial charge >= 0.3 is 0 Å². The van der Waals surface area contributed by atoms with Crippen LogP contribution in [-0.4, -0.2) is 16.4 Å². The SMILES string of the molecule is Cn1nccc1CCOc1ccc(C#N)c(F)c1. The van der Waals surface area contributed by atoms with Gasteiger partial charge in [-0.2, -0.15) is 10.4 Å². The highest BCUT2D eigenvalue weighted by Crippen LogP contribution is 2.16. The molecule has 0 spiro atoms. The molecule has 0 saturated carbocycles. The van der Waals surface area contributed by atoms with Crippen LogP contribution in [0.3, 0.4) is 0 Å². The van der Waals surface area contributed by atoms with Crippen LogP contribution >= 0.6 is 0 Å². The van der Waals surface area contributed by atoms with Crippen LogP contribution in [0.5, 0.6) is 5.75 Å². The van der Waals surface area contributed by atoms with Crippen LogP contribution in [0, 0.1) is 17.1 Å². The molecule has 1 aromatic heterocycles. The van der Waals surface area contributed by atoms with Gasteiger partial charge in [-0.15, -0.1) is 0 Å². The highest BCUT2D eigenvalue weighted by Gasteiger charge is 2.04. The second-order valence-electron chi connectivity index (χ2n) is 3.80. The quantitative estimate of drug-likeness (QED) is 0.828. The fraction of sp³-hybridized carbons (Fsp3) is 0.231. The van der Waals surface area contributed by atoms with Gasteiger partial charge in [-0.1, -0.05) is 0 Å². The zero-order chi connectivity index (χ0) is 13.0. The number of aromatic nitrogens is 2. The second kappa shape index (κ2) is 5.32. The molecule has 0 fully saturated rings. The summed E-state index contributed by atoms with van der Waals surface area (Å²) in [6.07, 6.45) is 2.41. The molecule has 4 nitrogen and oxygen atoms in total. The lowest BCUT2D eigenvalue weighted by molar-refractivity contribution is 0.316. The molecule has 0 saturated heterocycles. The van der Waals surface area contributed by atoms with Crippen LogP contribution in [-0.2, 0) is 13.5 Å². The third-order valence-electron chi connectivity index (χ3n) is 2.61. The summed E-state index contributed by atoms with van der Waals surface area (Å²) < 4.78 is 20.5. The molecule has 0 atom stereocenters. The molecule has 92 valence electrons. The number of nitriles is 1. The number of rotatable bonds is 4. The number of aryl methyl sites for hydroxylation is 1. The molecule has 0 aliphatic heterocycles. The predicted molar refractivity (Wildman–Crippen MR) is 63.5 cm³/mol. The lowest BCUT2D eigenvalue weighted by atomic mass is 10.2. The zero-order valence-corrected chi connectivity index (χ0v) is 9.93. The van der Waals surface area contributed by atoms with E-state index in [4.69, 9.17) is 10.00 Å². The molecular formula is C13H12FN3O. The number of hydrogen-bond acceptors (Lipinski definition) is 3. The maximum atomic E-state index is 13.3. The van der Waals surface area contributed by atoms with E-state index in [0.717, 1.165) is 5.69 Å². The largest absolute Gasteiger partial charge is 0.493 e. The summed E-state index contributed by atoms with van der Waals surface area (Å²) in [5.74, 6) is -0.135. The number of benzene rings is 1. The molecule has 5 heteroatoms. The van der Waals surface area contributed by atoms with E-state index in [2.05, 4.69) is 5.10 Å². The maximum Gasteiger partial charge on any atom is 0.144 e. The van der Waals surface area contributed by atoms with Gasteiger partial charge in [-0.05, 0) is 18.2 Å². The van der Waals surface area contributed by atoms with Crippen molar-refractivity contribution in [1.29, 1.82) is 5.26 Å². The Morgan fingerprint density at radius 3 is 2.89 bits per heavy atom. The Morgan fingerprint density at radius 1 is 1.44 bits per heavy atom. The Morgan fingerprint density at radius 2 is 2.28 bits per heavy atom. The van der Waals surface area contributed by atoms with Crippen LogP contribution in [0.15, 0.2) is 30.5 Å². The topological polar surface area (TPSA) is 50.8 Å². The minimum absolute atomic E-state index is 0.0222. The fourth-order valence-electron chi connectivity index (χ4n) is 1.60. The number of hydrogen-bond donors (Lipinski definition) is 0. The van der Waals surface area contributed by atoms with Gasteiger partial charge in [0, 0.05) is 31.4 Å². The van der Waals surface area contributed by atoms with Crippen LogP contribution in [0.4, 0.5) is 4.39 Å². The van der Waals surface area contributed by atoms with Gasteiger partial charge in [0.2, 0.25) is 0 Å². The van der Waals surface area contributed by atoms with Gasteiger partial charge in [0.25, 0.3) is 0 Å². The Kier molecular flexibility index (Phi) is 3.58. The molecular weight excluding hydrogens is 233 g/mol. The second-order valence-corrected chi connectivity index (χ2v) is 3.80. The third-order valence-corrected chi connectivity index (χ3v) is 2.61. The average molecular weight is 245 g/mol. The van der Waals surface area contributed by atoms with Crippen molar-refractivity contribution in [1.82, 2.24) is 9.78 Å². The molecule has 2 rings (SSSR count). The number of halogens is 1. The summed E-state index contributed by atoms with van der Waals surface area (Å²) in [6.45, 7) is 0.435. The summed E-state index contributed by atoms with van der Waals surface area (Å²) in [7, 11) is 1.86. The lowest BCUT2D eigenvalue weighted by Gasteiger charge is -2.06. The minimum atomic E-state index is -0.560. The van der Waals surface area contributed by atoms with E-state index in [9.17, 15) is 4.39 Å². The first-order valence-corrected chi connectivity index (χ1v) is 5.50. The summed E-state index contributed by atoms with van der Waals surface area (Å²) in [4.78, 5) is 0. The van der Waals surface area contributed by atoms with E-state index in [1.165, 1.54) is 12.1 Å². The summed E-state index contributed by atoms with van der Waals surface area (Å²) >= 11 is 0. The minimum Gasteiger partial charge on any atom is -0.493 e. The smallest absolute Gasteiger partial charge is 0.144 e. The molecule has 0 aliphatic carbocycles. The summed E-state index contributed by atoms with van der Waals surface area (Å²) in [5.41, 5.74) is 1.07. The van der Waals surface area contributed by atoms with Crippen LogP contribution in [0.25, 0.3) is 0 Å². The van der Waals surface area contributed by atoms with Gasteiger partial charge in [-0.25, -0.2) is 4.39 Å². The molecule has 1 heterocycles. The van der Waals surface area contributed by atoms with E-state index in [1.807, 2.05) is 13.1 Å². The standard InChI is InChI=1S/C13H12FN3O/c1-17-11(4-6-16-17)5-7-18-12-3-2-10(9-15)13(14)8-12/h2-4,6,8H,5,7H2,1H3. The third kappa shape index (κ3) is 2.66. The van der Waals surface area contributed by atoms with Gasteiger partial charge in [0.05, 0.1) is 12.2 Å². The number of ether oxygens (including phenoxy) is 1. The molecule has 2 aromatic rings. The molecule has 0 aliphatic rings. The van der Waals surface area contributed by atoms with Crippen LogP contribution in [0.2, 0.25) is 0 Å². The van der Waals surface area contributed by atoms with Crippen molar-refractivity contribution in [2.45, 2.75) is 6.42 Å².